The topological polar surface area (TPSA) is 92.4 Å². The molecule has 0 bridgehead atoms. The van der Waals surface area contributed by atoms with Crippen molar-refractivity contribution >= 4 is 11.8 Å². The van der Waals surface area contributed by atoms with Gasteiger partial charge in [-0.2, -0.15) is 0 Å². The summed E-state index contributed by atoms with van der Waals surface area (Å²) in [6.45, 7) is 5.49. The van der Waals surface area contributed by atoms with E-state index in [9.17, 15) is 9.59 Å². The van der Waals surface area contributed by atoms with Gasteiger partial charge >= 0.3 is 0 Å². The maximum Gasteiger partial charge on any atom is 0.274 e. The minimum atomic E-state index is -0.454. The highest BCUT2D eigenvalue weighted by molar-refractivity contribution is 5.92. The van der Waals surface area contributed by atoms with Crippen LogP contribution in [0.15, 0.2) is 18.6 Å². The first-order valence-electron chi connectivity index (χ1n) is 6.61. The number of carbonyl (C=O) groups is 2. The number of hydrogen-bond acceptors (Lipinski definition) is 5. The number of nitrogens with two attached hydrogens (primary N) is 1. The van der Waals surface area contributed by atoms with Crippen LogP contribution in [0.5, 0.6) is 0 Å². The molecule has 1 saturated heterocycles. The maximum atomic E-state index is 12.3. The van der Waals surface area contributed by atoms with Crippen LogP contribution < -0.4 is 5.73 Å². The molecule has 2 heterocycles. The zero-order chi connectivity index (χ0) is 14.7. The summed E-state index contributed by atoms with van der Waals surface area (Å²) in [6, 6.07) is -0.245. The van der Waals surface area contributed by atoms with E-state index < -0.39 is 11.9 Å². The lowest BCUT2D eigenvalue weighted by atomic mass is 10.1. The van der Waals surface area contributed by atoms with Crippen LogP contribution in [-0.2, 0) is 4.79 Å². The zero-order valence-corrected chi connectivity index (χ0v) is 11.7. The Bertz CT molecular complexity index is 491. The van der Waals surface area contributed by atoms with Crippen LogP contribution in [0.2, 0.25) is 0 Å². The summed E-state index contributed by atoms with van der Waals surface area (Å²) in [5.41, 5.74) is 5.74. The fraction of sp³-hybridized carbons (Fsp3) is 0.538. The molecule has 0 radical (unpaired) electrons. The first-order valence-corrected chi connectivity index (χ1v) is 6.61. The summed E-state index contributed by atoms with van der Waals surface area (Å²) in [7, 11) is 0. The quantitative estimate of drug-likeness (QED) is 0.804. The Labute approximate surface area is 117 Å². The lowest BCUT2D eigenvalue weighted by molar-refractivity contribution is -0.126. The SMILES string of the molecule is CC(C)N1CCN(C(=O)c2cnccn2)C[C@@H]1C(N)=O. The van der Waals surface area contributed by atoms with Crippen LogP contribution in [-0.4, -0.2) is 63.3 Å². The van der Waals surface area contributed by atoms with Crippen molar-refractivity contribution in [1.82, 2.24) is 19.8 Å². The molecule has 0 aromatic carbocycles. The van der Waals surface area contributed by atoms with E-state index in [0.717, 1.165) is 0 Å². The minimum Gasteiger partial charge on any atom is -0.368 e. The normalized spacial score (nSPS) is 20.1. The van der Waals surface area contributed by atoms with Crippen LogP contribution in [0.4, 0.5) is 0 Å². The highest BCUT2D eigenvalue weighted by atomic mass is 16.2. The number of aromatic nitrogens is 2. The molecule has 1 aromatic heterocycles. The van der Waals surface area contributed by atoms with Gasteiger partial charge in [-0.05, 0) is 13.8 Å². The molecule has 1 aliphatic heterocycles. The van der Waals surface area contributed by atoms with Gasteiger partial charge in [0, 0.05) is 38.1 Å². The number of amides is 2. The molecule has 0 aliphatic carbocycles. The Morgan fingerprint density at radius 3 is 2.65 bits per heavy atom. The predicted octanol–water partition coefficient (Wildman–Crippen LogP) is -0.503. The van der Waals surface area contributed by atoms with Crippen molar-refractivity contribution < 1.29 is 9.59 Å². The molecule has 7 heteroatoms. The van der Waals surface area contributed by atoms with E-state index in [-0.39, 0.29) is 17.6 Å². The van der Waals surface area contributed by atoms with Gasteiger partial charge in [0.05, 0.1) is 6.20 Å². The molecule has 2 amide bonds. The second-order valence-corrected chi connectivity index (χ2v) is 5.09. The Morgan fingerprint density at radius 2 is 2.10 bits per heavy atom. The summed E-state index contributed by atoms with van der Waals surface area (Å²) in [4.78, 5) is 35.4. The first-order chi connectivity index (χ1) is 9.50. The van der Waals surface area contributed by atoms with E-state index in [1.54, 1.807) is 4.90 Å². The van der Waals surface area contributed by atoms with Crippen LogP contribution in [0.25, 0.3) is 0 Å². The number of piperazine rings is 1. The van der Waals surface area contributed by atoms with Crippen molar-refractivity contribution in [1.29, 1.82) is 0 Å². The highest BCUT2D eigenvalue weighted by Gasteiger charge is 2.34. The van der Waals surface area contributed by atoms with Gasteiger partial charge in [0.25, 0.3) is 5.91 Å². The van der Waals surface area contributed by atoms with Crippen molar-refractivity contribution in [2.24, 2.45) is 5.73 Å². The summed E-state index contributed by atoms with van der Waals surface area (Å²) >= 11 is 0. The van der Waals surface area contributed by atoms with Gasteiger partial charge in [-0.15, -0.1) is 0 Å². The van der Waals surface area contributed by atoms with E-state index in [1.165, 1.54) is 18.6 Å². The zero-order valence-electron chi connectivity index (χ0n) is 11.7. The second-order valence-electron chi connectivity index (χ2n) is 5.09. The molecule has 1 aliphatic rings. The maximum absolute atomic E-state index is 12.3. The van der Waals surface area contributed by atoms with Crippen molar-refractivity contribution in [3.8, 4) is 0 Å². The summed E-state index contributed by atoms with van der Waals surface area (Å²) in [5, 5.41) is 0. The van der Waals surface area contributed by atoms with Crippen LogP contribution in [0, 0.1) is 0 Å². The van der Waals surface area contributed by atoms with Gasteiger partial charge in [-0.3, -0.25) is 19.5 Å². The van der Waals surface area contributed by atoms with Gasteiger partial charge < -0.3 is 10.6 Å². The van der Waals surface area contributed by atoms with Gasteiger partial charge in [-0.25, -0.2) is 4.98 Å². The predicted molar refractivity (Wildman–Crippen MR) is 72.8 cm³/mol. The molecule has 2 rings (SSSR count). The largest absolute Gasteiger partial charge is 0.368 e. The summed E-state index contributed by atoms with van der Waals surface area (Å²) < 4.78 is 0. The third kappa shape index (κ3) is 2.93. The Kier molecular flexibility index (Phi) is 4.29. The molecular formula is C13H19N5O2. The van der Waals surface area contributed by atoms with Crippen LogP contribution in [0.1, 0.15) is 24.3 Å². The average molecular weight is 277 g/mol. The minimum absolute atomic E-state index is 0.210. The molecule has 1 atom stereocenters. The fourth-order valence-corrected chi connectivity index (χ4v) is 2.42. The molecule has 0 unspecified atom stereocenters. The molecule has 7 nitrogen and oxygen atoms in total. The van der Waals surface area contributed by atoms with Gasteiger partial charge in [0.1, 0.15) is 11.7 Å². The number of hydrogen-bond donors (Lipinski definition) is 1. The Balaban J connectivity index is 2.13. The van der Waals surface area contributed by atoms with Crippen molar-refractivity contribution in [2.45, 2.75) is 25.9 Å². The molecule has 20 heavy (non-hydrogen) atoms. The van der Waals surface area contributed by atoms with Gasteiger partial charge in [0.15, 0.2) is 0 Å². The second kappa shape index (κ2) is 5.96. The van der Waals surface area contributed by atoms with Crippen LogP contribution in [0.3, 0.4) is 0 Å². The van der Waals surface area contributed by atoms with Crippen LogP contribution >= 0.6 is 0 Å². The number of nitrogens with zero attached hydrogens (tertiary/aromatic N) is 4. The van der Waals surface area contributed by atoms with Crippen molar-refractivity contribution in [3.63, 3.8) is 0 Å². The molecule has 108 valence electrons. The molecule has 1 aromatic rings. The number of carbonyl (C=O) groups excluding carboxylic acids is 2. The molecule has 0 saturated carbocycles. The van der Waals surface area contributed by atoms with E-state index in [4.69, 9.17) is 5.73 Å². The third-order valence-electron chi connectivity index (χ3n) is 3.48. The highest BCUT2D eigenvalue weighted by Crippen LogP contribution is 2.14. The molecule has 1 fully saturated rings. The lowest BCUT2D eigenvalue weighted by Crippen LogP contribution is -2.61. The molecule has 2 N–H and O–H groups in total. The van der Waals surface area contributed by atoms with E-state index in [1.807, 2.05) is 18.7 Å². The fourth-order valence-electron chi connectivity index (χ4n) is 2.42. The number of rotatable bonds is 3. The summed E-state index contributed by atoms with van der Waals surface area (Å²) in [5.74, 6) is -0.622. The van der Waals surface area contributed by atoms with Gasteiger partial charge in [0.2, 0.25) is 5.91 Å². The standard InChI is InChI=1S/C13H19N5O2/c1-9(2)18-6-5-17(8-11(18)12(14)19)13(20)10-7-15-3-4-16-10/h3-4,7,9,11H,5-6,8H2,1-2H3,(H2,14,19)/t11-/m1/s1. The average Bonchev–Trinajstić information content (AvgIpc) is 2.46. The summed E-state index contributed by atoms with van der Waals surface area (Å²) in [6.07, 6.45) is 4.42. The van der Waals surface area contributed by atoms with E-state index in [2.05, 4.69) is 9.97 Å². The molecular weight excluding hydrogens is 258 g/mol. The first kappa shape index (κ1) is 14.4. The molecule has 0 spiro atoms. The third-order valence-corrected chi connectivity index (χ3v) is 3.48. The van der Waals surface area contributed by atoms with Crippen molar-refractivity contribution in [2.75, 3.05) is 19.6 Å². The lowest BCUT2D eigenvalue weighted by Gasteiger charge is -2.41. The smallest absolute Gasteiger partial charge is 0.274 e. The van der Waals surface area contributed by atoms with E-state index >= 15 is 0 Å². The monoisotopic (exact) mass is 277 g/mol. The van der Waals surface area contributed by atoms with Crippen molar-refractivity contribution in [3.05, 3.63) is 24.3 Å². The Morgan fingerprint density at radius 1 is 1.35 bits per heavy atom. The van der Waals surface area contributed by atoms with E-state index in [0.29, 0.717) is 19.6 Å². The number of primary amides is 1. The van der Waals surface area contributed by atoms with Gasteiger partial charge in [-0.1, -0.05) is 0 Å². The Hall–Kier alpha value is -2.02.